The van der Waals surface area contributed by atoms with Crippen molar-refractivity contribution in [2.75, 3.05) is 6.54 Å². The van der Waals surface area contributed by atoms with Crippen LogP contribution in [0.2, 0.25) is 0 Å². The SMILES string of the molecule is O=C(NCCCc1nc2c(s1)CCCC2)c1cccc(F)c1. The smallest absolute Gasteiger partial charge is 0.251 e. The van der Waals surface area contributed by atoms with Gasteiger partial charge in [0.05, 0.1) is 10.7 Å². The van der Waals surface area contributed by atoms with Crippen molar-refractivity contribution in [1.29, 1.82) is 0 Å². The van der Waals surface area contributed by atoms with Gasteiger partial charge in [0.15, 0.2) is 0 Å². The third kappa shape index (κ3) is 3.71. The van der Waals surface area contributed by atoms with Gasteiger partial charge in [-0.05, 0) is 50.3 Å². The van der Waals surface area contributed by atoms with Gasteiger partial charge in [-0.1, -0.05) is 6.07 Å². The second kappa shape index (κ2) is 7.01. The summed E-state index contributed by atoms with van der Waals surface area (Å²) in [5.74, 6) is -0.612. The Morgan fingerprint density at radius 1 is 1.32 bits per heavy atom. The summed E-state index contributed by atoms with van der Waals surface area (Å²) in [6.07, 6.45) is 6.55. The summed E-state index contributed by atoms with van der Waals surface area (Å²) in [6, 6.07) is 5.75. The average molecular weight is 318 g/mol. The van der Waals surface area contributed by atoms with E-state index in [0.717, 1.165) is 19.3 Å². The number of halogens is 1. The van der Waals surface area contributed by atoms with Gasteiger partial charge in [0, 0.05) is 23.4 Å². The maximum absolute atomic E-state index is 13.1. The van der Waals surface area contributed by atoms with Gasteiger partial charge in [-0.15, -0.1) is 11.3 Å². The Balaban J connectivity index is 1.45. The van der Waals surface area contributed by atoms with E-state index in [1.807, 2.05) is 11.3 Å². The summed E-state index contributed by atoms with van der Waals surface area (Å²) in [4.78, 5) is 18.0. The highest BCUT2D eigenvalue weighted by atomic mass is 32.1. The Labute approximate surface area is 133 Å². The lowest BCUT2D eigenvalue weighted by Gasteiger charge is -2.06. The lowest BCUT2D eigenvalue weighted by Crippen LogP contribution is -2.24. The van der Waals surface area contributed by atoms with Gasteiger partial charge in [0.1, 0.15) is 5.82 Å². The molecule has 5 heteroatoms. The molecule has 0 bridgehead atoms. The van der Waals surface area contributed by atoms with E-state index in [1.54, 1.807) is 12.1 Å². The number of thiazole rings is 1. The zero-order valence-corrected chi connectivity index (χ0v) is 13.2. The number of carbonyl (C=O) groups excluding carboxylic acids is 1. The van der Waals surface area contributed by atoms with Gasteiger partial charge in [0.25, 0.3) is 5.91 Å². The zero-order chi connectivity index (χ0) is 15.4. The van der Waals surface area contributed by atoms with Gasteiger partial charge >= 0.3 is 0 Å². The number of nitrogens with zero attached hydrogens (tertiary/aromatic N) is 1. The molecule has 1 aromatic carbocycles. The highest BCUT2D eigenvalue weighted by molar-refractivity contribution is 7.11. The average Bonchev–Trinajstić information content (AvgIpc) is 2.94. The third-order valence-electron chi connectivity index (χ3n) is 3.83. The van der Waals surface area contributed by atoms with E-state index in [1.165, 1.54) is 47.0 Å². The number of amides is 1. The standard InChI is InChI=1S/C17H19FN2OS/c18-13-6-3-5-12(11-13)17(21)19-10-4-9-16-20-14-7-1-2-8-15(14)22-16/h3,5-6,11H,1-2,4,7-10H2,(H,19,21). The van der Waals surface area contributed by atoms with Gasteiger partial charge in [-0.2, -0.15) is 0 Å². The molecule has 1 N–H and O–H groups in total. The molecule has 3 nitrogen and oxygen atoms in total. The highest BCUT2D eigenvalue weighted by Gasteiger charge is 2.14. The molecule has 0 unspecified atom stereocenters. The molecule has 0 fully saturated rings. The van der Waals surface area contributed by atoms with Crippen LogP contribution in [0.3, 0.4) is 0 Å². The Kier molecular flexibility index (Phi) is 4.83. The number of aryl methyl sites for hydroxylation is 3. The number of nitrogens with one attached hydrogen (secondary N) is 1. The highest BCUT2D eigenvalue weighted by Crippen LogP contribution is 2.27. The number of rotatable bonds is 5. The summed E-state index contributed by atoms with van der Waals surface area (Å²) < 4.78 is 13.1. The first-order valence-electron chi connectivity index (χ1n) is 7.73. The van der Waals surface area contributed by atoms with Crippen molar-refractivity contribution >= 4 is 17.2 Å². The van der Waals surface area contributed by atoms with Crippen LogP contribution in [0.15, 0.2) is 24.3 Å². The number of fused-ring (bicyclic) bond motifs is 1. The molecule has 0 aliphatic heterocycles. The third-order valence-corrected chi connectivity index (χ3v) is 5.05. The summed E-state index contributed by atoms with van der Waals surface area (Å²) >= 11 is 1.82. The van der Waals surface area contributed by atoms with Crippen LogP contribution in [0.4, 0.5) is 4.39 Å². The van der Waals surface area contributed by atoms with Crippen LogP contribution >= 0.6 is 11.3 Å². The molecule has 0 saturated carbocycles. The number of aromatic nitrogens is 1. The lowest BCUT2D eigenvalue weighted by atomic mass is 10.0. The predicted molar refractivity (Wildman–Crippen MR) is 85.8 cm³/mol. The minimum absolute atomic E-state index is 0.224. The van der Waals surface area contributed by atoms with E-state index in [2.05, 4.69) is 5.32 Å². The van der Waals surface area contributed by atoms with Crippen molar-refractivity contribution in [2.24, 2.45) is 0 Å². The molecule has 1 aromatic heterocycles. The summed E-state index contributed by atoms with van der Waals surface area (Å²) in [6.45, 7) is 0.583. The molecule has 1 heterocycles. The maximum Gasteiger partial charge on any atom is 0.251 e. The van der Waals surface area contributed by atoms with E-state index in [0.29, 0.717) is 12.1 Å². The molecule has 1 aliphatic rings. The first kappa shape index (κ1) is 15.2. The first-order chi connectivity index (χ1) is 10.7. The van der Waals surface area contributed by atoms with E-state index in [-0.39, 0.29) is 11.7 Å². The van der Waals surface area contributed by atoms with Crippen LogP contribution in [0.5, 0.6) is 0 Å². The van der Waals surface area contributed by atoms with Crippen molar-refractivity contribution in [2.45, 2.75) is 38.5 Å². The maximum atomic E-state index is 13.1. The Morgan fingerprint density at radius 2 is 2.18 bits per heavy atom. The molecule has 0 spiro atoms. The van der Waals surface area contributed by atoms with E-state index < -0.39 is 0 Å². The first-order valence-corrected chi connectivity index (χ1v) is 8.55. The van der Waals surface area contributed by atoms with Gasteiger partial charge < -0.3 is 5.32 Å². The Morgan fingerprint density at radius 3 is 3.00 bits per heavy atom. The van der Waals surface area contributed by atoms with Crippen molar-refractivity contribution < 1.29 is 9.18 Å². The van der Waals surface area contributed by atoms with Gasteiger partial charge in [-0.3, -0.25) is 4.79 Å². The fraction of sp³-hybridized carbons (Fsp3) is 0.412. The Hall–Kier alpha value is -1.75. The number of hydrogen-bond donors (Lipinski definition) is 1. The van der Waals surface area contributed by atoms with Crippen LogP contribution < -0.4 is 5.32 Å². The molecule has 3 rings (SSSR count). The summed E-state index contributed by atoms with van der Waals surface area (Å²) in [5.41, 5.74) is 1.65. The van der Waals surface area contributed by atoms with E-state index >= 15 is 0 Å². The van der Waals surface area contributed by atoms with E-state index in [4.69, 9.17) is 4.98 Å². The number of benzene rings is 1. The van der Waals surface area contributed by atoms with Crippen LogP contribution in [-0.4, -0.2) is 17.4 Å². The molecule has 1 aliphatic carbocycles. The molecule has 22 heavy (non-hydrogen) atoms. The predicted octanol–water partition coefficient (Wildman–Crippen LogP) is 3.52. The van der Waals surface area contributed by atoms with Crippen molar-refractivity contribution in [3.05, 3.63) is 51.2 Å². The van der Waals surface area contributed by atoms with E-state index in [9.17, 15) is 9.18 Å². The van der Waals surface area contributed by atoms with Crippen molar-refractivity contribution in [1.82, 2.24) is 10.3 Å². The quantitative estimate of drug-likeness (QED) is 0.857. The van der Waals surface area contributed by atoms with Crippen LogP contribution in [0.1, 0.15) is 45.2 Å². The molecule has 116 valence electrons. The minimum Gasteiger partial charge on any atom is -0.352 e. The molecule has 2 aromatic rings. The summed E-state index contributed by atoms with van der Waals surface area (Å²) in [7, 11) is 0. The van der Waals surface area contributed by atoms with Crippen LogP contribution in [0.25, 0.3) is 0 Å². The molecule has 1 amide bonds. The molecular formula is C17H19FN2OS. The number of carbonyl (C=O) groups is 1. The second-order valence-corrected chi connectivity index (χ2v) is 6.72. The monoisotopic (exact) mass is 318 g/mol. The lowest BCUT2D eigenvalue weighted by molar-refractivity contribution is 0.0953. The Bertz CT molecular complexity index is 645. The van der Waals surface area contributed by atoms with Crippen molar-refractivity contribution in [3.63, 3.8) is 0 Å². The molecule has 0 radical (unpaired) electrons. The fourth-order valence-corrected chi connectivity index (χ4v) is 3.88. The topological polar surface area (TPSA) is 42.0 Å². The minimum atomic E-state index is -0.388. The molecular weight excluding hydrogens is 299 g/mol. The largest absolute Gasteiger partial charge is 0.352 e. The molecule has 0 saturated heterocycles. The fourth-order valence-electron chi connectivity index (χ4n) is 2.69. The van der Waals surface area contributed by atoms with Crippen LogP contribution in [-0.2, 0) is 19.3 Å². The second-order valence-electron chi connectivity index (χ2n) is 5.55. The normalized spacial score (nSPS) is 13.7. The molecule has 0 atom stereocenters. The van der Waals surface area contributed by atoms with Gasteiger partial charge in [-0.25, -0.2) is 9.37 Å². The summed E-state index contributed by atoms with van der Waals surface area (Å²) in [5, 5.41) is 4.00. The number of hydrogen-bond acceptors (Lipinski definition) is 3. The zero-order valence-electron chi connectivity index (χ0n) is 12.4. The van der Waals surface area contributed by atoms with Crippen LogP contribution in [0, 0.1) is 5.82 Å². The van der Waals surface area contributed by atoms with Crippen molar-refractivity contribution in [3.8, 4) is 0 Å². The van der Waals surface area contributed by atoms with Gasteiger partial charge in [0.2, 0.25) is 0 Å².